The fraction of sp³-hybridized carbons (Fsp3) is 0.500. The van der Waals surface area contributed by atoms with Gasteiger partial charge < -0.3 is 9.55 Å². The molecular formula is C14H22N4OS. The van der Waals surface area contributed by atoms with Crippen molar-refractivity contribution in [1.29, 1.82) is 0 Å². The zero-order valence-corrected chi connectivity index (χ0v) is 13.5. The number of aryl methyl sites for hydroxylation is 1. The number of imidazole rings is 1. The van der Waals surface area contributed by atoms with Crippen molar-refractivity contribution in [2.75, 3.05) is 0 Å². The molecule has 20 heavy (non-hydrogen) atoms. The van der Waals surface area contributed by atoms with Gasteiger partial charge in [0.1, 0.15) is 5.82 Å². The van der Waals surface area contributed by atoms with Crippen LogP contribution in [0, 0.1) is 6.92 Å². The van der Waals surface area contributed by atoms with Gasteiger partial charge in [-0.05, 0) is 20.8 Å². The van der Waals surface area contributed by atoms with Crippen LogP contribution in [0.15, 0.2) is 28.4 Å². The summed E-state index contributed by atoms with van der Waals surface area (Å²) in [4.78, 5) is 22.6. The van der Waals surface area contributed by atoms with Crippen molar-refractivity contribution in [3.05, 3.63) is 40.3 Å². The first-order valence-corrected chi connectivity index (χ1v) is 7.77. The van der Waals surface area contributed by atoms with Crippen molar-refractivity contribution in [3.8, 4) is 0 Å². The third kappa shape index (κ3) is 4.52. The Morgan fingerprint density at radius 1 is 1.40 bits per heavy atom. The molecule has 0 unspecified atom stereocenters. The molecule has 2 aromatic rings. The summed E-state index contributed by atoms with van der Waals surface area (Å²) < 4.78 is 2.11. The van der Waals surface area contributed by atoms with Crippen LogP contribution < -0.4 is 5.56 Å². The Kier molecular flexibility index (Phi) is 6.51. The molecular weight excluding hydrogens is 272 g/mol. The molecule has 2 rings (SSSR count). The molecule has 0 fully saturated rings. The normalized spacial score (nSPS) is 10.3. The molecule has 0 aliphatic heterocycles. The topological polar surface area (TPSA) is 63.6 Å². The van der Waals surface area contributed by atoms with E-state index in [1.807, 2.05) is 27.0 Å². The number of hydrogen-bond acceptors (Lipinski definition) is 4. The highest BCUT2D eigenvalue weighted by Gasteiger charge is 2.07. The Balaban J connectivity index is 0.000000956. The summed E-state index contributed by atoms with van der Waals surface area (Å²) in [6, 6.07) is 1.87. The molecule has 0 saturated carbocycles. The fourth-order valence-electron chi connectivity index (χ4n) is 1.68. The summed E-state index contributed by atoms with van der Waals surface area (Å²) in [5.74, 6) is 1.68. The van der Waals surface area contributed by atoms with E-state index >= 15 is 0 Å². The smallest absolute Gasteiger partial charge is 0.251 e. The molecule has 6 heteroatoms. The second-order valence-corrected chi connectivity index (χ2v) is 5.29. The second kappa shape index (κ2) is 7.89. The SMILES string of the molecule is CC.Cc1cc(=O)[nH]c(SCc2nccn2C(C)C)n1. The van der Waals surface area contributed by atoms with E-state index in [4.69, 9.17) is 0 Å². The maximum atomic E-state index is 11.3. The summed E-state index contributed by atoms with van der Waals surface area (Å²) in [6.07, 6.45) is 3.76. The Bertz CT molecular complexity index is 589. The van der Waals surface area contributed by atoms with Gasteiger partial charge in [0.15, 0.2) is 5.16 Å². The van der Waals surface area contributed by atoms with E-state index < -0.39 is 0 Å². The van der Waals surface area contributed by atoms with Crippen molar-refractivity contribution in [2.45, 2.75) is 51.6 Å². The highest BCUT2D eigenvalue weighted by atomic mass is 32.2. The van der Waals surface area contributed by atoms with Crippen molar-refractivity contribution < 1.29 is 0 Å². The molecule has 0 aliphatic carbocycles. The molecule has 0 spiro atoms. The lowest BCUT2D eigenvalue weighted by molar-refractivity contribution is 0.580. The van der Waals surface area contributed by atoms with Gasteiger partial charge in [0.05, 0.1) is 5.75 Å². The number of nitrogens with one attached hydrogen (secondary N) is 1. The highest BCUT2D eigenvalue weighted by molar-refractivity contribution is 7.98. The lowest BCUT2D eigenvalue weighted by Gasteiger charge is -2.10. The first kappa shape index (κ1) is 16.5. The van der Waals surface area contributed by atoms with Gasteiger partial charge in [-0.2, -0.15) is 0 Å². The van der Waals surface area contributed by atoms with Gasteiger partial charge in [-0.25, -0.2) is 9.97 Å². The number of nitrogens with zero attached hydrogens (tertiary/aromatic N) is 3. The van der Waals surface area contributed by atoms with E-state index in [0.29, 0.717) is 17.0 Å². The molecule has 0 amide bonds. The van der Waals surface area contributed by atoms with Gasteiger partial charge >= 0.3 is 0 Å². The van der Waals surface area contributed by atoms with Crippen LogP contribution in [0.25, 0.3) is 0 Å². The minimum Gasteiger partial charge on any atom is -0.332 e. The molecule has 110 valence electrons. The first-order chi connectivity index (χ1) is 9.56. The Labute approximate surface area is 123 Å². The second-order valence-electron chi connectivity index (χ2n) is 4.33. The molecule has 2 heterocycles. The molecule has 5 nitrogen and oxygen atoms in total. The van der Waals surface area contributed by atoms with Crippen LogP contribution in [-0.2, 0) is 5.75 Å². The Morgan fingerprint density at radius 3 is 2.70 bits per heavy atom. The van der Waals surface area contributed by atoms with E-state index in [-0.39, 0.29) is 5.56 Å². The van der Waals surface area contributed by atoms with Gasteiger partial charge in [0.2, 0.25) is 0 Å². The number of rotatable bonds is 4. The number of H-pyrrole nitrogens is 1. The number of aromatic amines is 1. The van der Waals surface area contributed by atoms with Crippen LogP contribution in [0.2, 0.25) is 0 Å². The molecule has 1 N–H and O–H groups in total. The molecule has 0 radical (unpaired) electrons. The van der Waals surface area contributed by atoms with Gasteiger partial charge in [0, 0.05) is 30.2 Å². The lowest BCUT2D eigenvalue weighted by Crippen LogP contribution is -2.09. The minimum absolute atomic E-state index is 0.114. The van der Waals surface area contributed by atoms with E-state index in [1.54, 1.807) is 6.20 Å². The quantitative estimate of drug-likeness (QED) is 0.695. The molecule has 0 aliphatic rings. The van der Waals surface area contributed by atoms with Gasteiger partial charge in [-0.3, -0.25) is 4.79 Å². The predicted molar refractivity (Wildman–Crippen MR) is 83.1 cm³/mol. The lowest BCUT2D eigenvalue weighted by atomic mass is 10.4. The summed E-state index contributed by atoms with van der Waals surface area (Å²) >= 11 is 1.49. The van der Waals surface area contributed by atoms with Crippen LogP contribution in [0.1, 0.15) is 45.3 Å². The van der Waals surface area contributed by atoms with Crippen LogP contribution in [0.4, 0.5) is 0 Å². The van der Waals surface area contributed by atoms with Crippen molar-refractivity contribution in [1.82, 2.24) is 19.5 Å². The van der Waals surface area contributed by atoms with E-state index in [1.165, 1.54) is 17.8 Å². The summed E-state index contributed by atoms with van der Waals surface area (Å²) in [6.45, 7) is 10.0. The summed E-state index contributed by atoms with van der Waals surface area (Å²) in [7, 11) is 0. The maximum absolute atomic E-state index is 11.3. The third-order valence-electron chi connectivity index (χ3n) is 2.49. The molecule has 0 atom stereocenters. The van der Waals surface area contributed by atoms with Crippen LogP contribution in [0.5, 0.6) is 0 Å². The number of aromatic nitrogens is 4. The van der Waals surface area contributed by atoms with Crippen LogP contribution in [0.3, 0.4) is 0 Å². The maximum Gasteiger partial charge on any atom is 0.251 e. The van der Waals surface area contributed by atoms with E-state index in [0.717, 1.165) is 11.5 Å². The summed E-state index contributed by atoms with van der Waals surface area (Å²) in [5, 5.41) is 0.637. The molecule has 0 saturated heterocycles. The van der Waals surface area contributed by atoms with Crippen LogP contribution >= 0.6 is 11.8 Å². The number of thioether (sulfide) groups is 1. The van der Waals surface area contributed by atoms with Crippen LogP contribution in [-0.4, -0.2) is 19.5 Å². The fourth-order valence-corrected chi connectivity index (χ4v) is 2.55. The van der Waals surface area contributed by atoms with Gasteiger partial charge in [-0.15, -0.1) is 0 Å². The average molecular weight is 294 g/mol. The Morgan fingerprint density at radius 2 is 2.10 bits per heavy atom. The molecule has 0 aromatic carbocycles. The van der Waals surface area contributed by atoms with Crippen molar-refractivity contribution in [3.63, 3.8) is 0 Å². The van der Waals surface area contributed by atoms with Gasteiger partial charge in [0.25, 0.3) is 5.56 Å². The monoisotopic (exact) mass is 294 g/mol. The van der Waals surface area contributed by atoms with Gasteiger partial charge in [-0.1, -0.05) is 25.6 Å². The van der Waals surface area contributed by atoms with E-state index in [9.17, 15) is 4.79 Å². The zero-order valence-electron chi connectivity index (χ0n) is 12.7. The Hall–Kier alpha value is -1.56. The van der Waals surface area contributed by atoms with Crippen molar-refractivity contribution >= 4 is 11.8 Å². The standard InChI is InChI=1S/C12H16N4OS.C2H6/c1-8(2)16-5-4-13-10(16)7-18-12-14-9(3)6-11(17)15-12;1-2/h4-6,8H,7H2,1-3H3,(H,14,15,17);1-2H3. The summed E-state index contributed by atoms with van der Waals surface area (Å²) in [5.41, 5.74) is 0.616. The average Bonchev–Trinajstić information content (AvgIpc) is 2.86. The van der Waals surface area contributed by atoms with E-state index in [2.05, 4.69) is 33.4 Å². The largest absolute Gasteiger partial charge is 0.332 e. The predicted octanol–water partition coefficient (Wildman–Crippen LogP) is 3.17. The number of hydrogen-bond donors (Lipinski definition) is 1. The minimum atomic E-state index is -0.114. The molecule has 2 aromatic heterocycles. The zero-order chi connectivity index (χ0) is 15.1. The third-order valence-corrected chi connectivity index (χ3v) is 3.36. The van der Waals surface area contributed by atoms with Crippen molar-refractivity contribution in [2.24, 2.45) is 0 Å². The highest BCUT2D eigenvalue weighted by Crippen LogP contribution is 2.19. The first-order valence-electron chi connectivity index (χ1n) is 6.78. The molecule has 0 bridgehead atoms.